The van der Waals surface area contributed by atoms with Crippen LogP contribution in [0.2, 0.25) is 0 Å². The van der Waals surface area contributed by atoms with Gasteiger partial charge in [0.2, 0.25) is 5.95 Å². The third-order valence-corrected chi connectivity index (χ3v) is 6.93. The molecule has 0 radical (unpaired) electrons. The van der Waals surface area contributed by atoms with Gasteiger partial charge in [0, 0.05) is 57.6 Å². The van der Waals surface area contributed by atoms with E-state index in [1.807, 2.05) is 13.1 Å². The highest BCUT2D eigenvalue weighted by Crippen LogP contribution is 2.43. The molecule has 32 heavy (non-hydrogen) atoms. The van der Waals surface area contributed by atoms with E-state index in [-0.39, 0.29) is 5.41 Å². The number of rotatable bonds is 4. The number of nitrogens with one attached hydrogen (secondary N) is 1. The van der Waals surface area contributed by atoms with Gasteiger partial charge in [-0.2, -0.15) is 0 Å². The molecule has 1 N–H and O–H groups in total. The summed E-state index contributed by atoms with van der Waals surface area (Å²) in [7, 11) is 1.88. The van der Waals surface area contributed by atoms with Gasteiger partial charge in [0.05, 0.1) is 0 Å². The number of fused-ring (bicyclic) bond motifs is 1. The Morgan fingerprint density at radius 2 is 1.75 bits per heavy atom. The summed E-state index contributed by atoms with van der Waals surface area (Å²) in [6.07, 6.45) is 8.46. The van der Waals surface area contributed by atoms with Crippen LogP contribution in [0.5, 0.6) is 11.5 Å². The Labute approximate surface area is 189 Å². The summed E-state index contributed by atoms with van der Waals surface area (Å²) in [4.78, 5) is 17.9. The standard InChI is InChI=1S/C24H32N6O2/c1-25-22(29-11-13-30(14-12-29)23-26-9-4-10-27-23)28-18-24(7-2-3-8-24)19-5-6-20-21(17-19)32-16-15-31-20/h4-6,9-10,17H,2-3,7-8,11-16,18H2,1H3,(H,25,28). The Balaban J connectivity index is 1.25. The van der Waals surface area contributed by atoms with Crippen LogP contribution in [0.25, 0.3) is 0 Å². The monoisotopic (exact) mass is 436 g/mol. The second-order valence-corrected chi connectivity index (χ2v) is 8.77. The Hall–Kier alpha value is -3.03. The number of ether oxygens (including phenoxy) is 2. The maximum absolute atomic E-state index is 5.86. The van der Waals surface area contributed by atoms with Gasteiger partial charge in [-0.25, -0.2) is 9.97 Å². The van der Waals surface area contributed by atoms with Crippen molar-refractivity contribution in [3.05, 3.63) is 42.2 Å². The van der Waals surface area contributed by atoms with Gasteiger partial charge in [0.15, 0.2) is 17.5 Å². The molecule has 2 fully saturated rings. The minimum absolute atomic E-state index is 0.103. The number of piperazine rings is 1. The first-order valence-corrected chi connectivity index (χ1v) is 11.7. The quantitative estimate of drug-likeness (QED) is 0.583. The summed E-state index contributed by atoms with van der Waals surface area (Å²) >= 11 is 0. The lowest BCUT2D eigenvalue weighted by molar-refractivity contribution is 0.171. The largest absolute Gasteiger partial charge is 0.486 e. The van der Waals surface area contributed by atoms with Crippen LogP contribution in [-0.2, 0) is 5.41 Å². The molecule has 1 aromatic carbocycles. The third-order valence-electron chi connectivity index (χ3n) is 6.93. The first-order valence-electron chi connectivity index (χ1n) is 11.7. The van der Waals surface area contributed by atoms with Crippen molar-refractivity contribution < 1.29 is 9.47 Å². The van der Waals surface area contributed by atoms with Gasteiger partial charge in [-0.1, -0.05) is 18.9 Å². The fourth-order valence-corrected chi connectivity index (χ4v) is 5.15. The highest BCUT2D eigenvalue weighted by Gasteiger charge is 2.37. The van der Waals surface area contributed by atoms with Crippen molar-refractivity contribution in [3.63, 3.8) is 0 Å². The zero-order valence-electron chi connectivity index (χ0n) is 18.8. The molecule has 3 heterocycles. The van der Waals surface area contributed by atoms with Crippen molar-refractivity contribution in [2.24, 2.45) is 4.99 Å². The van der Waals surface area contributed by atoms with Crippen LogP contribution in [0.1, 0.15) is 31.2 Å². The second kappa shape index (κ2) is 9.22. The van der Waals surface area contributed by atoms with Crippen molar-refractivity contribution >= 4 is 11.9 Å². The van der Waals surface area contributed by atoms with E-state index in [2.05, 4.69) is 48.3 Å². The summed E-state index contributed by atoms with van der Waals surface area (Å²) in [6, 6.07) is 8.35. The summed E-state index contributed by atoms with van der Waals surface area (Å²) < 4.78 is 11.6. The molecule has 170 valence electrons. The average molecular weight is 437 g/mol. The topological polar surface area (TPSA) is 75.1 Å². The number of aliphatic imine (C=N–C) groups is 1. The van der Waals surface area contributed by atoms with Crippen LogP contribution >= 0.6 is 0 Å². The van der Waals surface area contributed by atoms with E-state index in [9.17, 15) is 0 Å². The molecule has 1 saturated carbocycles. The van der Waals surface area contributed by atoms with E-state index in [1.54, 1.807) is 12.4 Å². The molecule has 5 rings (SSSR count). The molecule has 8 nitrogen and oxygen atoms in total. The Morgan fingerprint density at radius 1 is 1.03 bits per heavy atom. The Morgan fingerprint density at radius 3 is 2.47 bits per heavy atom. The molecule has 0 atom stereocenters. The highest BCUT2D eigenvalue weighted by atomic mass is 16.6. The summed E-state index contributed by atoms with van der Waals surface area (Å²) in [5.74, 6) is 3.52. The maximum atomic E-state index is 5.86. The SMILES string of the molecule is CN=C(NCC1(c2ccc3c(c2)OCCO3)CCCC1)N1CCN(c2ncccn2)CC1. The molecule has 0 spiro atoms. The number of benzene rings is 1. The molecular weight excluding hydrogens is 404 g/mol. The molecule has 0 amide bonds. The summed E-state index contributed by atoms with van der Waals surface area (Å²) in [5, 5.41) is 3.71. The van der Waals surface area contributed by atoms with Crippen LogP contribution in [0.15, 0.2) is 41.7 Å². The van der Waals surface area contributed by atoms with E-state index in [4.69, 9.17) is 9.47 Å². The van der Waals surface area contributed by atoms with E-state index in [0.717, 1.165) is 56.1 Å². The van der Waals surface area contributed by atoms with Gasteiger partial charge in [-0.15, -0.1) is 0 Å². The molecule has 8 heteroatoms. The molecule has 1 saturated heterocycles. The van der Waals surface area contributed by atoms with Crippen LogP contribution in [0.4, 0.5) is 5.95 Å². The number of nitrogens with zero attached hydrogens (tertiary/aromatic N) is 5. The Bertz CT molecular complexity index is 937. The van der Waals surface area contributed by atoms with Crippen LogP contribution in [0, 0.1) is 0 Å². The molecule has 2 aliphatic heterocycles. The van der Waals surface area contributed by atoms with Gasteiger partial charge < -0.3 is 24.6 Å². The minimum Gasteiger partial charge on any atom is -0.486 e. The predicted octanol–water partition coefficient (Wildman–Crippen LogP) is 2.46. The molecule has 0 unspecified atom stereocenters. The van der Waals surface area contributed by atoms with E-state index in [1.165, 1.54) is 31.2 Å². The number of guanidine groups is 1. The Kier molecular flexibility index (Phi) is 6.01. The number of aromatic nitrogens is 2. The first kappa shape index (κ1) is 20.8. The zero-order valence-corrected chi connectivity index (χ0v) is 18.8. The molecule has 0 bridgehead atoms. The predicted molar refractivity (Wildman–Crippen MR) is 125 cm³/mol. The molecular formula is C24H32N6O2. The van der Waals surface area contributed by atoms with E-state index >= 15 is 0 Å². The fourth-order valence-electron chi connectivity index (χ4n) is 5.15. The lowest BCUT2D eigenvalue weighted by atomic mass is 9.78. The van der Waals surface area contributed by atoms with Crippen molar-refractivity contribution in [1.29, 1.82) is 0 Å². The van der Waals surface area contributed by atoms with E-state index in [0.29, 0.717) is 13.2 Å². The number of hydrogen-bond acceptors (Lipinski definition) is 6. The van der Waals surface area contributed by atoms with Gasteiger partial charge in [-0.3, -0.25) is 4.99 Å². The second-order valence-electron chi connectivity index (χ2n) is 8.77. The van der Waals surface area contributed by atoms with Crippen molar-refractivity contribution in [2.75, 3.05) is 57.9 Å². The van der Waals surface area contributed by atoms with Crippen molar-refractivity contribution in [3.8, 4) is 11.5 Å². The first-order chi connectivity index (χ1) is 15.8. The average Bonchev–Trinajstić information content (AvgIpc) is 3.35. The fraction of sp³-hybridized carbons (Fsp3) is 0.542. The molecule has 1 aliphatic carbocycles. The molecule has 2 aromatic rings. The third kappa shape index (κ3) is 4.18. The lowest BCUT2D eigenvalue weighted by Gasteiger charge is -2.38. The molecule has 3 aliphatic rings. The van der Waals surface area contributed by atoms with Crippen LogP contribution in [-0.4, -0.2) is 73.8 Å². The smallest absolute Gasteiger partial charge is 0.225 e. The van der Waals surface area contributed by atoms with E-state index < -0.39 is 0 Å². The summed E-state index contributed by atoms with van der Waals surface area (Å²) in [6.45, 7) is 5.69. The van der Waals surface area contributed by atoms with Crippen molar-refractivity contribution in [2.45, 2.75) is 31.1 Å². The van der Waals surface area contributed by atoms with Gasteiger partial charge in [-0.05, 0) is 36.6 Å². The normalized spacial score (nSPS) is 20.3. The van der Waals surface area contributed by atoms with Gasteiger partial charge >= 0.3 is 0 Å². The van der Waals surface area contributed by atoms with Crippen LogP contribution < -0.4 is 19.7 Å². The van der Waals surface area contributed by atoms with Crippen molar-refractivity contribution in [1.82, 2.24) is 20.2 Å². The number of hydrogen-bond donors (Lipinski definition) is 1. The summed E-state index contributed by atoms with van der Waals surface area (Å²) in [5.41, 5.74) is 1.44. The van der Waals surface area contributed by atoms with Gasteiger partial charge in [0.25, 0.3) is 0 Å². The maximum Gasteiger partial charge on any atom is 0.225 e. The zero-order chi connectivity index (χ0) is 21.8. The highest BCUT2D eigenvalue weighted by molar-refractivity contribution is 5.80. The number of anilines is 1. The lowest BCUT2D eigenvalue weighted by Crippen LogP contribution is -2.54. The minimum atomic E-state index is 0.103. The van der Waals surface area contributed by atoms with Crippen LogP contribution in [0.3, 0.4) is 0 Å². The molecule has 1 aromatic heterocycles. The van der Waals surface area contributed by atoms with Gasteiger partial charge in [0.1, 0.15) is 13.2 Å².